The molecule has 8 heteroatoms. The Hall–Kier alpha value is -2.87. The van der Waals surface area contributed by atoms with Gasteiger partial charge in [0.1, 0.15) is 5.75 Å². The average molecular weight is 373 g/mol. The number of rotatable bonds is 4. The van der Waals surface area contributed by atoms with Crippen LogP contribution in [0.3, 0.4) is 0 Å². The van der Waals surface area contributed by atoms with E-state index in [2.05, 4.69) is 10.9 Å². The van der Waals surface area contributed by atoms with Crippen molar-refractivity contribution in [1.29, 1.82) is 0 Å². The van der Waals surface area contributed by atoms with Crippen LogP contribution in [0.15, 0.2) is 35.7 Å². The first-order valence-electron chi connectivity index (χ1n) is 8.08. The monoisotopic (exact) mass is 373 g/mol. The second kappa shape index (κ2) is 7.57. The van der Waals surface area contributed by atoms with Gasteiger partial charge in [0.15, 0.2) is 0 Å². The van der Waals surface area contributed by atoms with E-state index < -0.39 is 11.8 Å². The zero-order valence-corrected chi connectivity index (χ0v) is 15.3. The highest BCUT2D eigenvalue weighted by atomic mass is 32.1. The largest absolute Gasteiger partial charge is 0.495 e. The minimum Gasteiger partial charge on any atom is -0.495 e. The van der Waals surface area contributed by atoms with Gasteiger partial charge in [-0.05, 0) is 36.1 Å². The molecule has 3 rings (SSSR count). The predicted molar refractivity (Wildman–Crippen MR) is 98.1 cm³/mol. The number of ether oxygens (including phenoxy) is 1. The molecule has 136 valence electrons. The molecule has 0 saturated carbocycles. The Balaban J connectivity index is 1.65. The Morgan fingerprint density at radius 3 is 2.77 bits per heavy atom. The summed E-state index contributed by atoms with van der Waals surface area (Å²) in [6.45, 7) is 2.16. The van der Waals surface area contributed by atoms with Crippen LogP contribution in [0.2, 0.25) is 0 Å². The van der Waals surface area contributed by atoms with E-state index in [4.69, 9.17) is 4.74 Å². The van der Waals surface area contributed by atoms with Crippen molar-refractivity contribution >= 4 is 34.7 Å². The molecule has 1 aliphatic heterocycles. The van der Waals surface area contributed by atoms with E-state index in [0.717, 1.165) is 5.56 Å². The van der Waals surface area contributed by atoms with E-state index >= 15 is 0 Å². The molecule has 1 unspecified atom stereocenters. The number of thiophene rings is 1. The van der Waals surface area contributed by atoms with Crippen LogP contribution in [0.25, 0.3) is 0 Å². The number of aryl methyl sites for hydroxylation is 1. The second-order valence-electron chi connectivity index (χ2n) is 6.00. The number of amides is 3. The fraction of sp³-hybridized carbons (Fsp3) is 0.278. The van der Waals surface area contributed by atoms with Gasteiger partial charge in [-0.2, -0.15) is 0 Å². The summed E-state index contributed by atoms with van der Waals surface area (Å²) < 4.78 is 5.33. The van der Waals surface area contributed by atoms with Crippen LogP contribution in [0.4, 0.5) is 5.69 Å². The number of nitrogens with one attached hydrogen (secondary N) is 2. The maximum Gasteiger partial charge on any atom is 0.279 e. The lowest BCUT2D eigenvalue weighted by molar-refractivity contribution is -0.126. The highest BCUT2D eigenvalue weighted by Crippen LogP contribution is 2.33. The molecule has 2 N–H and O–H groups in total. The molecular weight excluding hydrogens is 354 g/mol. The van der Waals surface area contributed by atoms with Crippen LogP contribution >= 0.6 is 11.3 Å². The number of nitrogens with zero attached hydrogens (tertiary/aromatic N) is 1. The molecule has 3 amide bonds. The first-order valence-corrected chi connectivity index (χ1v) is 8.96. The number of hydrazine groups is 1. The zero-order valence-electron chi connectivity index (χ0n) is 14.4. The molecule has 2 aromatic rings. The standard InChI is InChI=1S/C18H19N3O4S/c1-11-5-6-14(25-2)13(8-11)21-10-12(9-16(21)22)17(23)19-20-18(24)15-4-3-7-26-15/h3-8,12H,9-10H2,1-2H3,(H,19,23)(H,20,24). The Morgan fingerprint density at radius 2 is 2.08 bits per heavy atom. The predicted octanol–water partition coefficient (Wildman–Crippen LogP) is 1.88. The van der Waals surface area contributed by atoms with E-state index in [-0.39, 0.29) is 24.8 Å². The van der Waals surface area contributed by atoms with Crippen molar-refractivity contribution in [3.05, 3.63) is 46.2 Å². The number of hydrogen-bond donors (Lipinski definition) is 2. The highest BCUT2D eigenvalue weighted by Gasteiger charge is 2.36. The number of carbonyl (C=O) groups excluding carboxylic acids is 3. The third-order valence-corrected chi connectivity index (χ3v) is 5.03. The fourth-order valence-electron chi connectivity index (χ4n) is 2.82. The maximum atomic E-state index is 12.4. The summed E-state index contributed by atoms with van der Waals surface area (Å²) in [5.74, 6) is -0.891. The first-order chi connectivity index (χ1) is 12.5. The molecule has 0 spiro atoms. The number of hydrogen-bond acceptors (Lipinski definition) is 5. The van der Waals surface area contributed by atoms with Crippen LogP contribution in [0.1, 0.15) is 21.7 Å². The van der Waals surface area contributed by atoms with Gasteiger partial charge in [-0.25, -0.2) is 0 Å². The molecule has 1 fully saturated rings. The van der Waals surface area contributed by atoms with Gasteiger partial charge in [-0.15, -0.1) is 11.3 Å². The van der Waals surface area contributed by atoms with Crippen molar-refractivity contribution in [1.82, 2.24) is 10.9 Å². The van der Waals surface area contributed by atoms with Gasteiger partial charge in [0.05, 0.1) is 23.6 Å². The lowest BCUT2D eigenvalue weighted by Crippen LogP contribution is -2.45. The molecule has 7 nitrogen and oxygen atoms in total. The summed E-state index contributed by atoms with van der Waals surface area (Å²) in [6, 6.07) is 8.97. The van der Waals surface area contributed by atoms with E-state index in [1.54, 1.807) is 35.6 Å². The topological polar surface area (TPSA) is 87.7 Å². The molecule has 1 saturated heterocycles. The third-order valence-electron chi connectivity index (χ3n) is 4.17. The second-order valence-corrected chi connectivity index (χ2v) is 6.95. The van der Waals surface area contributed by atoms with Crippen molar-refractivity contribution in [2.24, 2.45) is 5.92 Å². The molecule has 0 radical (unpaired) electrons. The minimum atomic E-state index is -0.545. The quantitative estimate of drug-likeness (QED) is 0.801. The van der Waals surface area contributed by atoms with E-state index in [1.807, 2.05) is 19.1 Å². The van der Waals surface area contributed by atoms with E-state index in [0.29, 0.717) is 16.3 Å². The van der Waals surface area contributed by atoms with Gasteiger partial charge in [-0.1, -0.05) is 12.1 Å². The van der Waals surface area contributed by atoms with Crippen LogP contribution in [0, 0.1) is 12.8 Å². The molecule has 1 aromatic heterocycles. The number of carbonyl (C=O) groups is 3. The molecular formula is C18H19N3O4S. The molecule has 0 bridgehead atoms. The van der Waals surface area contributed by atoms with Crippen molar-refractivity contribution in [3.63, 3.8) is 0 Å². The number of methoxy groups -OCH3 is 1. The molecule has 1 aromatic carbocycles. The summed E-state index contributed by atoms with van der Waals surface area (Å²) in [6.07, 6.45) is 0.0812. The summed E-state index contributed by atoms with van der Waals surface area (Å²) in [7, 11) is 1.54. The summed E-state index contributed by atoms with van der Waals surface area (Å²) in [5, 5.41) is 1.78. The van der Waals surface area contributed by atoms with Crippen molar-refractivity contribution < 1.29 is 19.1 Å². The lowest BCUT2D eigenvalue weighted by atomic mass is 10.1. The zero-order chi connectivity index (χ0) is 18.7. The molecule has 2 heterocycles. The van der Waals surface area contributed by atoms with Crippen molar-refractivity contribution in [3.8, 4) is 5.75 Å². The van der Waals surface area contributed by atoms with E-state index in [1.165, 1.54) is 11.3 Å². The van der Waals surface area contributed by atoms with Gasteiger partial charge in [0, 0.05) is 13.0 Å². The smallest absolute Gasteiger partial charge is 0.279 e. The summed E-state index contributed by atoms with van der Waals surface area (Å²) in [5.41, 5.74) is 6.42. The van der Waals surface area contributed by atoms with Crippen LogP contribution in [-0.4, -0.2) is 31.4 Å². The molecule has 1 aliphatic rings. The van der Waals surface area contributed by atoms with Crippen molar-refractivity contribution in [2.75, 3.05) is 18.6 Å². The minimum absolute atomic E-state index is 0.0812. The average Bonchev–Trinajstić information content (AvgIpc) is 3.29. The van der Waals surface area contributed by atoms with Crippen LogP contribution in [0.5, 0.6) is 5.75 Å². The molecule has 26 heavy (non-hydrogen) atoms. The Kier molecular flexibility index (Phi) is 5.22. The van der Waals surface area contributed by atoms with Gasteiger partial charge in [-0.3, -0.25) is 25.2 Å². The van der Waals surface area contributed by atoms with Crippen LogP contribution in [-0.2, 0) is 9.59 Å². The van der Waals surface area contributed by atoms with Gasteiger partial charge in [0.2, 0.25) is 11.8 Å². The number of benzene rings is 1. The SMILES string of the molecule is COc1ccc(C)cc1N1CC(C(=O)NNC(=O)c2cccs2)CC1=O. The maximum absolute atomic E-state index is 12.4. The Labute approximate surface area is 154 Å². The van der Waals surface area contributed by atoms with Crippen LogP contribution < -0.4 is 20.5 Å². The normalized spacial score (nSPS) is 16.5. The summed E-state index contributed by atoms with van der Waals surface area (Å²) >= 11 is 1.28. The Bertz CT molecular complexity index is 835. The highest BCUT2D eigenvalue weighted by molar-refractivity contribution is 7.12. The fourth-order valence-corrected chi connectivity index (χ4v) is 3.44. The van der Waals surface area contributed by atoms with Gasteiger partial charge < -0.3 is 9.64 Å². The Morgan fingerprint density at radius 1 is 1.27 bits per heavy atom. The van der Waals surface area contributed by atoms with Gasteiger partial charge in [0.25, 0.3) is 5.91 Å². The van der Waals surface area contributed by atoms with E-state index in [9.17, 15) is 14.4 Å². The third kappa shape index (κ3) is 3.70. The summed E-state index contributed by atoms with van der Waals surface area (Å²) in [4.78, 5) is 38.7. The molecule has 0 aliphatic carbocycles. The van der Waals surface area contributed by atoms with Crippen molar-refractivity contribution in [2.45, 2.75) is 13.3 Å². The van der Waals surface area contributed by atoms with Gasteiger partial charge >= 0.3 is 0 Å². The number of anilines is 1. The first kappa shape index (κ1) is 17.9. The lowest BCUT2D eigenvalue weighted by Gasteiger charge is -2.20. The molecule has 1 atom stereocenters.